The summed E-state index contributed by atoms with van der Waals surface area (Å²) in [6.07, 6.45) is 1.16. The van der Waals surface area contributed by atoms with Crippen molar-refractivity contribution in [2.24, 2.45) is 0 Å². The van der Waals surface area contributed by atoms with Crippen molar-refractivity contribution >= 4 is 11.8 Å². The minimum atomic E-state index is 0.196. The van der Waals surface area contributed by atoms with Crippen LogP contribution in [0.25, 0.3) is 0 Å². The molecule has 1 unspecified atom stereocenters. The Hall–Kier alpha value is -1.60. The number of aryl methyl sites for hydroxylation is 1. The summed E-state index contributed by atoms with van der Waals surface area (Å²) in [6.45, 7) is 3.73. The number of thioether (sulfide) groups is 1. The number of ether oxygens (including phenoxy) is 1. The summed E-state index contributed by atoms with van der Waals surface area (Å²) in [6, 6.07) is 6.36. The Labute approximate surface area is 128 Å². The fourth-order valence-electron chi connectivity index (χ4n) is 2.37. The van der Waals surface area contributed by atoms with E-state index in [0.717, 1.165) is 36.2 Å². The average Bonchev–Trinajstić information content (AvgIpc) is 3.08. The van der Waals surface area contributed by atoms with Crippen LogP contribution in [0, 0.1) is 6.92 Å². The molecule has 1 aliphatic heterocycles. The topological polar surface area (TPSA) is 64.9 Å². The molecule has 0 saturated heterocycles. The third-order valence-corrected chi connectivity index (χ3v) is 4.52. The lowest BCUT2D eigenvalue weighted by Gasteiger charge is -2.09. The molecule has 2 heterocycles. The van der Waals surface area contributed by atoms with E-state index in [4.69, 9.17) is 4.74 Å². The molecule has 112 valence electrons. The first-order valence-electron chi connectivity index (χ1n) is 7.06. The Morgan fingerprint density at radius 2 is 2.38 bits per heavy atom. The van der Waals surface area contributed by atoms with E-state index in [2.05, 4.69) is 46.0 Å². The summed E-state index contributed by atoms with van der Waals surface area (Å²) in [5.74, 6) is 1.87. The summed E-state index contributed by atoms with van der Waals surface area (Å²) < 4.78 is 7.80. The summed E-state index contributed by atoms with van der Waals surface area (Å²) >= 11 is 1.65. The summed E-state index contributed by atoms with van der Waals surface area (Å²) in [4.78, 5) is 0. The lowest BCUT2D eigenvalue weighted by Crippen LogP contribution is -2.18. The zero-order chi connectivity index (χ0) is 14.7. The zero-order valence-corrected chi connectivity index (χ0v) is 13.1. The van der Waals surface area contributed by atoms with Gasteiger partial charge in [0.2, 0.25) is 5.16 Å². The number of tetrazole rings is 1. The number of aromatic nitrogens is 4. The Balaban J connectivity index is 1.56. The third-order valence-electron chi connectivity index (χ3n) is 3.43. The number of nitrogens with zero attached hydrogens (tertiary/aromatic N) is 4. The number of benzene rings is 1. The molecule has 7 heteroatoms. The lowest BCUT2D eigenvalue weighted by molar-refractivity contribution is 0.259. The van der Waals surface area contributed by atoms with Crippen molar-refractivity contribution in [3.05, 3.63) is 29.3 Å². The second kappa shape index (κ2) is 6.44. The van der Waals surface area contributed by atoms with Crippen LogP contribution in [0.15, 0.2) is 23.4 Å². The first-order chi connectivity index (χ1) is 10.3. The van der Waals surface area contributed by atoms with E-state index in [0.29, 0.717) is 0 Å². The second-order valence-corrected chi connectivity index (χ2v) is 6.14. The standard InChI is InChI=1S/C14H19N5OS/c1-10-3-4-13-11(7-10)8-12(20-13)9-21-14-16-17-18-19(14)6-5-15-2/h3-4,7,12,15H,5-6,8-9H2,1-2H3. The molecule has 0 aliphatic carbocycles. The molecule has 6 nitrogen and oxygen atoms in total. The molecule has 1 aromatic heterocycles. The van der Waals surface area contributed by atoms with Gasteiger partial charge in [0.05, 0.1) is 6.54 Å². The number of hydrogen-bond donors (Lipinski definition) is 1. The number of nitrogens with one attached hydrogen (secondary N) is 1. The smallest absolute Gasteiger partial charge is 0.209 e. The van der Waals surface area contributed by atoms with Gasteiger partial charge in [0.25, 0.3) is 0 Å². The monoisotopic (exact) mass is 305 g/mol. The van der Waals surface area contributed by atoms with Crippen molar-refractivity contribution in [1.29, 1.82) is 0 Å². The largest absolute Gasteiger partial charge is 0.489 e. The van der Waals surface area contributed by atoms with Crippen LogP contribution >= 0.6 is 11.8 Å². The molecule has 0 saturated carbocycles. The van der Waals surface area contributed by atoms with E-state index >= 15 is 0 Å². The highest BCUT2D eigenvalue weighted by molar-refractivity contribution is 7.99. The molecule has 1 aliphatic rings. The number of fused-ring (bicyclic) bond motifs is 1. The van der Waals surface area contributed by atoms with Crippen LogP contribution in [-0.2, 0) is 13.0 Å². The lowest BCUT2D eigenvalue weighted by atomic mass is 10.1. The van der Waals surface area contributed by atoms with Crippen molar-refractivity contribution in [3.8, 4) is 5.75 Å². The Morgan fingerprint density at radius 1 is 1.48 bits per heavy atom. The first-order valence-corrected chi connectivity index (χ1v) is 8.04. The Bertz CT molecular complexity index is 615. The van der Waals surface area contributed by atoms with Crippen LogP contribution in [0.1, 0.15) is 11.1 Å². The van der Waals surface area contributed by atoms with Crippen molar-refractivity contribution in [2.45, 2.75) is 31.1 Å². The fraction of sp³-hybridized carbons (Fsp3) is 0.500. The quantitative estimate of drug-likeness (QED) is 0.812. The number of rotatable bonds is 6. The van der Waals surface area contributed by atoms with E-state index in [1.165, 1.54) is 11.1 Å². The molecular weight excluding hydrogens is 286 g/mol. The highest BCUT2D eigenvalue weighted by Crippen LogP contribution is 2.31. The predicted octanol–water partition coefficient (Wildman–Crippen LogP) is 1.30. The van der Waals surface area contributed by atoms with Gasteiger partial charge in [-0.25, -0.2) is 4.68 Å². The second-order valence-electron chi connectivity index (χ2n) is 5.15. The average molecular weight is 305 g/mol. The minimum Gasteiger partial charge on any atom is -0.489 e. The summed E-state index contributed by atoms with van der Waals surface area (Å²) in [7, 11) is 1.92. The first kappa shape index (κ1) is 14.3. The Kier molecular flexibility index (Phi) is 4.40. The van der Waals surface area contributed by atoms with Gasteiger partial charge in [-0.05, 0) is 36.0 Å². The van der Waals surface area contributed by atoms with Crippen molar-refractivity contribution < 1.29 is 4.74 Å². The summed E-state index contributed by atoms with van der Waals surface area (Å²) in [5, 5.41) is 15.8. The molecular formula is C14H19N5OS. The van der Waals surface area contributed by atoms with Gasteiger partial charge in [-0.2, -0.15) is 0 Å². The van der Waals surface area contributed by atoms with Crippen molar-refractivity contribution in [2.75, 3.05) is 19.3 Å². The van der Waals surface area contributed by atoms with E-state index in [-0.39, 0.29) is 6.10 Å². The molecule has 1 N–H and O–H groups in total. The Morgan fingerprint density at radius 3 is 3.24 bits per heavy atom. The van der Waals surface area contributed by atoms with Gasteiger partial charge < -0.3 is 10.1 Å². The normalized spacial score (nSPS) is 16.8. The van der Waals surface area contributed by atoms with Crippen LogP contribution < -0.4 is 10.1 Å². The molecule has 0 amide bonds. The number of hydrogen-bond acceptors (Lipinski definition) is 6. The fourth-order valence-corrected chi connectivity index (χ4v) is 3.26. The van der Waals surface area contributed by atoms with Gasteiger partial charge in [-0.15, -0.1) is 5.10 Å². The molecule has 2 aromatic rings. The van der Waals surface area contributed by atoms with Gasteiger partial charge in [-0.3, -0.25) is 0 Å². The maximum atomic E-state index is 5.97. The molecule has 3 rings (SSSR count). The van der Waals surface area contributed by atoms with E-state index < -0.39 is 0 Å². The SMILES string of the molecule is CNCCn1nnnc1SCC1Cc2cc(C)ccc2O1. The van der Waals surface area contributed by atoms with Gasteiger partial charge >= 0.3 is 0 Å². The van der Waals surface area contributed by atoms with Gasteiger partial charge in [0, 0.05) is 18.7 Å². The van der Waals surface area contributed by atoms with Crippen molar-refractivity contribution in [3.63, 3.8) is 0 Å². The molecule has 1 aromatic carbocycles. The van der Waals surface area contributed by atoms with Crippen LogP contribution in [0.3, 0.4) is 0 Å². The van der Waals surface area contributed by atoms with Crippen LogP contribution in [0.2, 0.25) is 0 Å². The van der Waals surface area contributed by atoms with E-state index in [1.807, 2.05) is 11.7 Å². The van der Waals surface area contributed by atoms with Gasteiger partial charge in [-0.1, -0.05) is 29.5 Å². The minimum absolute atomic E-state index is 0.196. The summed E-state index contributed by atoms with van der Waals surface area (Å²) in [5.41, 5.74) is 2.58. The third kappa shape index (κ3) is 3.36. The van der Waals surface area contributed by atoms with Gasteiger partial charge in [0.15, 0.2) is 0 Å². The predicted molar refractivity (Wildman–Crippen MR) is 81.8 cm³/mol. The van der Waals surface area contributed by atoms with E-state index in [1.54, 1.807) is 11.8 Å². The van der Waals surface area contributed by atoms with Crippen LogP contribution in [0.4, 0.5) is 0 Å². The highest BCUT2D eigenvalue weighted by Gasteiger charge is 2.23. The van der Waals surface area contributed by atoms with E-state index in [9.17, 15) is 0 Å². The highest BCUT2D eigenvalue weighted by atomic mass is 32.2. The number of likely N-dealkylation sites (N-methyl/N-ethyl adjacent to an activating group) is 1. The maximum absolute atomic E-state index is 5.97. The maximum Gasteiger partial charge on any atom is 0.209 e. The van der Waals surface area contributed by atoms with Crippen molar-refractivity contribution in [1.82, 2.24) is 25.5 Å². The molecule has 0 spiro atoms. The molecule has 1 atom stereocenters. The molecule has 0 fully saturated rings. The molecule has 21 heavy (non-hydrogen) atoms. The van der Waals surface area contributed by atoms with Crippen LogP contribution in [0.5, 0.6) is 5.75 Å². The van der Waals surface area contributed by atoms with Crippen LogP contribution in [-0.4, -0.2) is 45.7 Å². The van der Waals surface area contributed by atoms with Gasteiger partial charge in [0.1, 0.15) is 11.9 Å². The molecule has 0 radical (unpaired) electrons. The molecule has 0 bridgehead atoms. The zero-order valence-electron chi connectivity index (χ0n) is 12.2.